The summed E-state index contributed by atoms with van der Waals surface area (Å²) in [6.45, 7) is 17.7. The Kier molecular flexibility index (Phi) is 15.6. The molecule has 2 unspecified atom stereocenters. The summed E-state index contributed by atoms with van der Waals surface area (Å²) in [5.41, 5.74) is -1.53. The number of allylic oxidation sites excluding steroid dienone is 2. The quantitative estimate of drug-likeness (QED) is 0.103. The van der Waals surface area contributed by atoms with Crippen molar-refractivity contribution in [1.82, 2.24) is 0 Å². The lowest BCUT2D eigenvalue weighted by atomic mass is 9.33. The van der Waals surface area contributed by atoms with E-state index in [9.17, 15) is 66.1 Å². The minimum absolute atomic E-state index is 0.0668. The van der Waals surface area contributed by atoms with Gasteiger partial charge in [-0.2, -0.15) is 0 Å². The van der Waals surface area contributed by atoms with Crippen molar-refractivity contribution in [1.29, 1.82) is 0 Å². The number of carboxylic acid groups (broad SMARTS) is 1. The summed E-state index contributed by atoms with van der Waals surface area (Å²) in [7, 11) is 0. The summed E-state index contributed by atoms with van der Waals surface area (Å²) in [6, 6.07) is 0. The van der Waals surface area contributed by atoms with E-state index in [-0.39, 0.29) is 40.6 Å². The second kappa shape index (κ2) is 20.2. The van der Waals surface area contributed by atoms with Crippen LogP contribution >= 0.6 is 0 Å². The van der Waals surface area contributed by atoms with Crippen LogP contribution in [0.4, 0.5) is 0 Å². The number of aliphatic hydroxyl groups is 11. The highest BCUT2D eigenvalue weighted by Crippen LogP contribution is 2.76. The van der Waals surface area contributed by atoms with Crippen LogP contribution in [-0.2, 0) is 42.7 Å². The number of hydrogen-bond donors (Lipinski definition) is 12. The van der Waals surface area contributed by atoms with Crippen molar-refractivity contribution in [2.24, 2.45) is 50.2 Å². The summed E-state index contributed by atoms with van der Waals surface area (Å²) >= 11 is 0. The number of hydrogen-bond acceptors (Lipinski definition) is 20. The van der Waals surface area contributed by atoms with Gasteiger partial charge in [0.1, 0.15) is 84.8 Å². The Balaban J connectivity index is 0.943. The van der Waals surface area contributed by atoms with Gasteiger partial charge in [-0.05, 0) is 116 Å². The monoisotopic (exact) mass is 1060 g/mol. The lowest BCUT2D eigenvalue weighted by Gasteiger charge is -2.71. The van der Waals surface area contributed by atoms with E-state index in [1.165, 1.54) is 19.4 Å². The van der Waals surface area contributed by atoms with E-state index < -0.39 is 158 Å². The number of ether oxygens (including phenoxy) is 8. The molecule has 74 heavy (non-hydrogen) atoms. The first kappa shape index (κ1) is 57.1. The van der Waals surface area contributed by atoms with Gasteiger partial charge in [0.25, 0.3) is 0 Å². The van der Waals surface area contributed by atoms with Crippen LogP contribution in [-0.4, -0.2) is 209 Å². The van der Waals surface area contributed by atoms with Gasteiger partial charge < -0.3 is 99.2 Å². The molecule has 4 aliphatic heterocycles. The van der Waals surface area contributed by atoms with Crippen molar-refractivity contribution in [3.8, 4) is 0 Å². The van der Waals surface area contributed by atoms with Gasteiger partial charge in [0.05, 0.1) is 37.6 Å². The molecule has 0 spiro atoms. The third kappa shape index (κ3) is 9.08. The molecule has 0 amide bonds. The largest absolute Gasteiger partial charge is 0.481 e. The first-order valence-corrected chi connectivity index (χ1v) is 27.0. The zero-order valence-corrected chi connectivity index (χ0v) is 44.3. The number of rotatable bonds is 10. The van der Waals surface area contributed by atoms with Crippen LogP contribution in [0, 0.1) is 50.2 Å². The van der Waals surface area contributed by atoms with Crippen LogP contribution in [0.15, 0.2) is 11.6 Å². The van der Waals surface area contributed by atoms with Crippen molar-refractivity contribution in [3.05, 3.63) is 11.6 Å². The number of aliphatic hydroxyl groups excluding tert-OH is 11. The molecule has 21 nitrogen and oxygen atoms in total. The summed E-state index contributed by atoms with van der Waals surface area (Å²) in [4.78, 5) is 13.2. The van der Waals surface area contributed by atoms with Gasteiger partial charge in [-0.1, -0.05) is 60.1 Å². The van der Waals surface area contributed by atoms with Gasteiger partial charge in [0.15, 0.2) is 25.2 Å². The Hall–Kier alpha value is -1.55. The van der Waals surface area contributed by atoms with Crippen molar-refractivity contribution < 1.29 is 104 Å². The number of carboxylic acids is 1. The molecule has 12 N–H and O–H groups in total. The van der Waals surface area contributed by atoms with Crippen molar-refractivity contribution in [3.63, 3.8) is 0 Å². The Morgan fingerprint density at radius 1 is 0.622 bits per heavy atom. The fourth-order valence-corrected chi connectivity index (χ4v) is 16.3. The van der Waals surface area contributed by atoms with Crippen molar-refractivity contribution in [2.75, 3.05) is 13.2 Å². The maximum absolute atomic E-state index is 13.2. The maximum atomic E-state index is 13.2. The van der Waals surface area contributed by atoms with Crippen LogP contribution in [0.3, 0.4) is 0 Å². The SMILES string of the molecule is C[C@@H]1O[C@@H](O[C@@H]2[C@@H](O)[C@H](C)O[C@@H](O[C@H]3[C@H](O)[C@@H](O)[C@H](O[C@H]4CC[C@@]5(C)C(CC[C@]6(C)C5CC=C5[C@@H]7CC(C)(C)CC[C@]7(C(=O)O)[C@H](O)C[C@]56C)C4(C)C)O[C@@H]3CO[C@@H]3OC[C@@H](O)[C@H](O)[C@H]3O)[C@@H]2O)[C@H](O)[C@H](O)[C@H]1O. The highest BCUT2D eigenvalue weighted by atomic mass is 16.8. The van der Waals surface area contributed by atoms with E-state index in [4.69, 9.17) is 37.9 Å². The van der Waals surface area contributed by atoms with Crippen LogP contribution in [0.25, 0.3) is 0 Å². The fraction of sp³-hybridized carbons (Fsp3) is 0.943. The van der Waals surface area contributed by atoms with Gasteiger partial charge in [-0.3, -0.25) is 4.79 Å². The van der Waals surface area contributed by atoms with E-state index in [1.54, 1.807) is 0 Å². The summed E-state index contributed by atoms with van der Waals surface area (Å²) in [6.07, 6.45) is -22.7. The third-order valence-electron chi connectivity index (χ3n) is 21.0. The molecule has 4 saturated carbocycles. The van der Waals surface area contributed by atoms with Gasteiger partial charge in [-0.25, -0.2) is 0 Å². The van der Waals surface area contributed by atoms with Gasteiger partial charge in [0, 0.05) is 0 Å². The van der Waals surface area contributed by atoms with E-state index in [1.807, 2.05) is 0 Å². The van der Waals surface area contributed by atoms with Gasteiger partial charge in [-0.15, -0.1) is 0 Å². The molecule has 0 aromatic rings. The predicted molar refractivity (Wildman–Crippen MR) is 256 cm³/mol. The average Bonchev–Trinajstić information content (AvgIpc) is 3.32. The average molecular weight is 1060 g/mol. The molecule has 0 aromatic heterocycles. The Morgan fingerprint density at radius 2 is 1.23 bits per heavy atom. The molecular weight excluding hydrogens is 973 g/mol. The van der Waals surface area contributed by atoms with Crippen LogP contribution in [0.5, 0.6) is 0 Å². The molecular formula is C53H86O21. The third-order valence-corrected chi connectivity index (χ3v) is 21.0. The predicted octanol–water partition coefficient (Wildman–Crippen LogP) is 0.196. The van der Waals surface area contributed by atoms with E-state index in [0.717, 1.165) is 32.1 Å². The minimum Gasteiger partial charge on any atom is -0.481 e. The highest BCUT2D eigenvalue weighted by molar-refractivity contribution is 5.77. The Labute approximate surface area is 433 Å². The second-order valence-corrected chi connectivity index (χ2v) is 25.9. The summed E-state index contributed by atoms with van der Waals surface area (Å²) < 4.78 is 48.2. The van der Waals surface area contributed by atoms with Gasteiger partial charge >= 0.3 is 5.97 Å². The van der Waals surface area contributed by atoms with Crippen LogP contribution in [0.1, 0.15) is 120 Å². The number of aliphatic carboxylic acids is 1. The van der Waals surface area contributed by atoms with E-state index >= 15 is 0 Å². The maximum Gasteiger partial charge on any atom is 0.312 e. The normalized spacial score (nSPS) is 55.2. The molecule has 28 atom stereocenters. The molecule has 4 saturated heterocycles. The van der Waals surface area contributed by atoms with Crippen LogP contribution in [0.2, 0.25) is 0 Å². The summed E-state index contributed by atoms with van der Waals surface area (Å²) in [5, 5.41) is 132. The molecule has 424 valence electrons. The zero-order chi connectivity index (χ0) is 54.2. The van der Waals surface area contributed by atoms with Gasteiger partial charge in [0.2, 0.25) is 0 Å². The molecule has 5 aliphatic carbocycles. The molecule has 4 heterocycles. The Morgan fingerprint density at radius 3 is 1.91 bits per heavy atom. The lowest BCUT2D eigenvalue weighted by molar-refractivity contribution is -0.384. The first-order chi connectivity index (χ1) is 34.4. The van der Waals surface area contributed by atoms with Crippen molar-refractivity contribution in [2.45, 2.75) is 249 Å². The second-order valence-electron chi connectivity index (χ2n) is 25.9. The molecule has 8 fully saturated rings. The molecule has 0 radical (unpaired) electrons. The standard InChI is InChI=1S/C53H86O21/c1-22-32(56)35(59)38(62)44(69-22)74-42-33(57)23(2)70-46(40(42)64)73-41-27(21-68-43-37(61)34(58)26(54)20-67-43)71-45(39(63)36(41)60)72-31-13-14-50(7)28(49(31,5)6)12-15-51(8)29(50)11-10-24-25-18-48(3,4)16-17-53(25,47(65)66)30(55)19-52(24,51)9/h10,22-23,25-46,54-64H,11-21H2,1-9H3,(H,65,66)/t22-,23-,25-,26+,27+,28?,29?,30+,31-,32-,33-,34-,35+,36+,37+,38+,39+,40+,41+,42+,43-,44-,45-,46-,50-,51+,52+,53+/m0/s1. The smallest absolute Gasteiger partial charge is 0.312 e. The zero-order valence-electron chi connectivity index (χ0n) is 44.3. The number of carbonyl (C=O) groups is 1. The summed E-state index contributed by atoms with van der Waals surface area (Å²) in [5.74, 6) is -0.885. The highest BCUT2D eigenvalue weighted by Gasteiger charge is 2.72. The van der Waals surface area contributed by atoms with Crippen molar-refractivity contribution >= 4 is 5.97 Å². The van der Waals surface area contributed by atoms with E-state index in [2.05, 4.69) is 54.5 Å². The van der Waals surface area contributed by atoms with Crippen LogP contribution < -0.4 is 0 Å². The topological polar surface area (TPSA) is 334 Å². The molecule has 0 bridgehead atoms. The number of fused-ring (bicyclic) bond motifs is 7. The van der Waals surface area contributed by atoms with E-state index in [0.29, 0.717) is 25.7 Å². The molecule has 9 aliphatic rings. The Bertz CT molecular complexity index is 2060. The molecule has 9 rings (SSSR count). The fourth-order valence-electron chi connectivity index (χ4n) is 16.3. The first-order valence-electron chi connectivity index (χ1n) is 27.0. The molecule has 0 aromatic carbocycles. The minimum atomic E-state index is -1.86. The lowest BCUT2D eigenvalue weighted by Crippen LogP contribution is -2.68. The molecule has 21 heteroatoms.